The first-order chi connectivity index (χ1) is 23.7. The molecule has 0 spiro atoms. The van der Waals surface area contributed by atoms with Gasteiger partial charge in [-0.25, -0.2) is 0 Å². The summed E-state index contributed by atoms with van der Waals surface area (Å²) in [5, 5.41) is 28.1. The summed E-state index contributed by atoms with van der Waals surface area (Å²) < 4.78 is 12.4. The van der Waals surface area contributed by atoms with Crippen LogP contribution in [0.2, 0.25) is 0 Å². The molecule has 0 aliphatic rings. The molecule has 0 saturated heterocycles. The fourth-order valence-corrected chi connectivity index (χ4v) is 7.00. The summed E-state index contributed by atoms with van der Waals surface area (Å²) >= 11 is 0. The van der Waals surface area contributed by atoms with E-state index in [2.05, 4.69) is 121 Å². The molecule has 4 nitrogen and oxygen atoms in total. The van der Waals surface area contributed by atoms with E-state index in [1.807, 2.05) is 24.3 Å². The van der Waals surface area contributed by atoms with Gasteiger partial charge in [-0.3, -0.25) is 0 Å². The Balaban J connectivity index is 1.54. The quantitative estimate of drug-likeness (QED) is 0.167. The highest BCUT2D eigenvalue weighted by Gasteiger charge is 2.22. The highest BCUT2D eigenvalue weighted by molar-refractivity contribution is 6.15. The van der Waals surface area contributed by atoms with Crippen molar-refractivity contribution >= 4 is 43.1 Å². The van der Waals surface area contributed by atoms with Gasteiger partial charge in [-0.2, -0.15) is 0 Å². The third-order valence-electron chi connectivity index (χ3n) is 9.05. The molecule has 0 atom stereocenters. The fourth-order valence-electron chi connectivity index (χ4n) is 7.00. The van der Waals surface area contributed by atoms with Gasteiger partial charge in [0.2, 0.25) is 0 Å². The topological polar surface area (TPSA) is 58.9 Å². The number of fused-ring (bicyclic) bond motifs is 4. The van der Waals surface area contributed by atoms with E-state index in [4.69, 9.17) is 9.47 Å². The number of aliphatic hydroxyl groups is 2. The minimum absolute atomic E-state index is 0.0707. The number of benzene rings is 8. The molecule has 0 aliphatic carbocycles. The Hall–Kier alpha value is -5.68. The summed E-state index contributed by atoms with van der Waals surface area (Å²) in [4.78, 5) is 0. The van der Waals surface area contributed by atoms with E-state index in [0.717, 1.165) is 77.2 Å². The summed E-state index contributed by atoms with van der Waals surface area (Å²) in [6.45, 7) is 0.257. The second kappa shape index (κ2) is 12.8. The van der Waals surface area contributed by atoms with Gasteiger partial charge < -0.3 is 19.7 Å². The molecule has 8 aromatic rings. The van der Waals surface area contributed by atoms with Crippen molar-refractivity contribution in [1.82, 2.24) is 0 Å². The Morgan fingerprint density at radius 1 is 0.375 bits per heavy atom. The first-order valence-corrected chi connectivity index (χ1v) is 16.3. The lowest BCUT2D eigenvalue weighted by atomic mass is 9.82. The van der Waals surface area contributed by atoms with E-state index >= 15 is 0 Å². The molecule has 0 radical (unpaired) electrons. The molecule has 0 aliphatic heterocycles. The molecule has 0 unspecified atom stereocenters. The van der Waals surface area contributed by atoms with Crippen LogP contribution in [0.3, 0.4) is 0 Å². The maximum absolute atomic E-state index is 9.71. The van der Waals surface area contributed by atoms with Crippen LogP contribution < -0.4 is 9.47 Å². The average Bonchev–Trinajstić information content (AvgIpc) is 3.14. The lowest BCUT2D eigenvalue weighted by Crippen LogP contribution is -2.03. The molecule has 0 bridgehead atoms. The summed E-state index contributed by atoms with van der Waals surface area (Å²) in [7, 11) is 0. The van der Waals surface area contributed by atoms with E-state index in [9.17, 15) is 10.2 Å². The van der Waals surface area contributed by atoms with Gasteiger partial charge in [-0.05, 0) is 96.0 Å². The molecular formula is C44H34O4. The zero-order valence-corrected chi connectivity index (χ0v) is 26.4. The average molecular weight is 627 g/mol. The Morgan fingerprint density at radius 3 is 1.48 bits per heavy atom. The molecule has 2 N–H and O–H groups in total. The van der Waals surface area contributed by atoms with Crippen LogP contribution in [0.15, 0.2) is 146 Å². The Bertz CT molecular complexity index is 2440. The van der Waals surface area contributed by atoms with Gasteiger partial charge in [-0.1, -0.05) is 115 Å². The van der Waals surface area contributed by atoms with Crippen molar-refractivity contribution in [2.24, 2.45) is 0 Å². The number of hydrogen-bond donors (Lipinski definition) is 2. The summed E-state index contributed by atoms with van der Waals surface area (Å²) in [6, 6.07) is 51.1. The molecule has 0 amide bonds. The Morgan fingerprint density at radius 2 is 0.854 bits per heavy atom. The van der Waals surface area contributed by atoms with Crippen LogP contribution in [0.5, 0.6) is 11.5 Å². The molecule has 4 heteroatoms. The van der Waals surface area contributed by atoms with Gasteiger partial charge in [-0.15, -0.1) is 0 Å². The normalized spacial score (nSPS) is 11.5. The third kappa shape index (κ3) is 5.31. The fraction of sp³-hybridized carbons (Fsp3) is 0.0909. The van der Waals surface area contributed by atoms with Crippen LogP contribution in [0.25, 0.3) is 76.5 Å². The maximum atomic E-state index is 9.71. The minimum atomic E-state index is -0.0747. The predicted molar refractivity (Wildman–Crippen MR) is 198 cm³/mol. The van der Waals surface area contributed by atoms with E-state index in [0.29, 0.717) is 0 Å². The highest BCUT2D eigenvalue weighted by Crippen LogP contribution is 2.49. The number of hydrogen-bond acceptors (Lipinski definition) is 4. The van der Waals surface area contributed by atoms with E-state index in [-0.39, 0.29) is 26.4 Å². The van der Waals surface area contributed by atoms with Gasteiger partial charge in [0.05, 0.1) is 13.2 Å². The molecule has 8 rings (SSSR count). The van der Waals surface area contributed by atoms with Crippen LogP contribution in [0, 0.1) is 0 Å². The third-order valence-corrected chi connectivity index (χ3v) is 9.05. The predicted octanol–water partition coefficient (Wildman–Crippen LogP) is 10.0. The molecule has 0 fully saturated rings. The second-order valence-electron chi connectivity index (χ2n) is 12.0. The molecule has 8 aromatic carbocycles. The van der Waals surface area contributed by atoms with Crippen LogP contribution >= 0.6 is 0 Å². The number of ether oxygens (including phenoxy) is 2. The molecular weight excluding hydrogens is 592 g/mol. The van der Waals surface area contributed by atoms with Gasteiger partial charge in [0.25, 0.3) is 0 Å². The minimum Gasteiger partial charge on any atom is -0.491 e. The van der Waals surface area contributed by atoms with Crippen molar-refractivity contribution in [3.05, 3.63) is 146 Å². The second-order valence-corrected chi connectivity index (χ2v) is 12.0. The van der Waals surface area contributed by atoms with Crippen LogP contribution in [-0.4, -0.2) is 36.6 Å². The largest absolute Gasteiger partial charge is 0.491 e. The monoisotopic (exact) mass is 626 g/mol. The van der Waals surface area contributed by atoms with E-state index in [1.54, 1.807) is 0 Å². The molecule has 0 saturated carbocycles. The Kier molecular flexibility index (Phi) is 7.95. The number of rotatable bonds is 9. The smallest absolute Gasteiger partial charge is 0.127 e. The maximum Gasteiger partial charge on any atom is 0.127 e. The van der Waals surface area contributed by atoms with Gasteiger partial charge in [0.1, 0.15) is 24.7 Å². The van der Waals surface area contributed by atoms with Crippen molar-refractivity contribution in [3.63, 3.8) is 0 Å². The summed E-state index contributed by atoms with van der Waals surface area (Å²) in [6.07, 6.45) is 0. The standard InChI is InChI=1S/C44H34O4/c45-20-22-47-41-27-33(24-30-11-2-6-16-36(30)41)40-26-32-13-4-8-18-38(32)44(39-19-9-14-29-10-1-5-15-35(29)39)43(40)34-25-31-12-3-7-17-37(31)42(28-34)48-23-21-46/h1-19,24-28,45-46H,20-23H2. The zero-order valence-electron chi connectivity index (χ0n) is 26.4. The van der Waals surface area contributed by atoms with Crippen molar-refractivity contribution < 1.29 is 19.7 Å². The first-order valence-electron chi connectivity index (χ1n) is 16.3. The molecule has 0 aromatic heterocycles. The SMILES string of the molecule is OCCOc1cc(-c2cc3ccccc3c(-c3cccc4ccccc34)c2-c2cc(OCCO)c3ccccc3c2)cc2ccccc12. The van der Waals surface area contributed by atoms with Crippen LogP contribution in [0.1, 0.15) is 0 Å². The van der Waals surface area contributed by atoms with Gasteiger partial charge >= 0.3 is 0 Å². The lowest BCUT2D eigenvalue weighted by molar-refractivity contribution is 0.203. The van der Waals surface area contributed by atoms with E-state index in [1.165, 1.54) is 10.8 Å². The van der Waals surface area contributed by atoms with Gasteiger partial charge in [0.15, 0.2) is 0 Å². The molecule has 0 heterocycles. The van der Waals surface area contributed by atoms with Crippen LogP contribution in [-0.2, 0) is 0 Å². The van der Waals surface area contributed by atoms with Crippen molar-refractivity contribution in [3.8, 4) is 44.9 Å². The van der Waals surface area contributed by atoms with Gasteiger partial charge in [0, 0.05) is 10.8 Å². The molecule has 48 heavy (non-hydrogen) atoms. The zero-order chi connectivity index (χ0) is 32.5. The van der Waals surface area contributed by atoms with Crippen molar-refractivity contribution in [2.45, 2.75) is 0 Å². The first kappa shape index (κ1) is 29.7. The Labute approximate surface area is 279 Å². The molecule has 234 valence electrons. The highest BCUT2D eigenvalue weighted by atomic mass is 16.5. The van der Waals surface area contributed by atoms with Crippen molar-refractivity contribution in [2.75, 3.05) is 26.4 Å². The van der Waals surface area contributed by atoms with E-state index < -0.39 is 0 Å². The number of aliphatic hydroxyl groups excluding tert-OH is 2. The summed E-state index contributed by atoms with van der Waals surface area (Å²) in [5.41, 5.74) is 6.43. The van der Waals surface area contributed by atoms with Crippen molar-refractivity contribution in [1.29, 1.82) is 0 Å². The summed E-state index contributed by atoms with van der Waals surface area (Å²) in [5.74, 6) is 1.46. The van der Waals surface area contributed by atoms with Crippen LogP contribution in [0.4, 0.5) is 0 Å². The lowest BCUT2D eigenvalue weighted by Gasteiger charge is -2.22.